The first-order valence-corrected chi connectivity index (χ1v) is 5.79. The van der Waals surface area contributed by atoms with Gasteiger partial charge in [0.1, 0.15) is 12.4 Å². The van der Waals surface area contributed by atoms with E-state index in [2.05, 4.69) is 5.32 Å². The minimum absolute atomic E-state index is 0.0344. The molecule has 3 N–H and O–H groups in total. The number of hydrogen-bond acceptors (Lipinski definition) is 3. The summed E-state index contributed by atoms with van der Waals surface area (Å²) in [6, 6.07) is 7.71. The zero-order valence-corrected chi connectivity index (χ0v) is 10.4. The number of nitrogens with two attached hydrogens (primary N) is 1. The normalized spacial score (nSPS) is 11.9. The first kappa shape index (κ1) is 13.5. The summed E-state index contributed by atoms with van der Waals surface area (Å²) >= 11 is 0. The Balaban J connectivity index is 2.18. The molecule has 1 aromatic carbocycles. The van der Waals surface area contributed by atoms with Crippen molar-refractivity contribution in [3.63, 3.8) is 0 Å². The standard InChI is InChI=1S/C13H20N2O2/c1-10-4-3-5-12(8-10)17-7-6-15-13(16)9-11(2)14/h3-5,8,11H,6-7,9,14H2,1-2H3,(H,15,16). The van der Waals surface area contributed by atoms with Crippen LogP contribution in [0.1, 0.15) is 18.9 Å². The maximum atomic E-state index is 11.3. The number of ether oxygens (including phenoxy) is 1. The van der Waals surface area contributed by atoms with Crippen LogP contribution in [0.4, 0.5) is 0 Å². The second-order valence-electron chi connectivity index (χ2n) is 4.20. The van der Waals surface area contributed by atoms with E-state index in [1.807, 2.05) is 38.1 Å². The van der Waals surface area contributed by atoms with Crippen molar-refractivity contribution in [3.05, 3.63) is 29.8 Å². The van der Waals surface area contributed by atoms with E-state index in [0.29, 0.717) is 19.6 Å². The lowest BCUT2D eigenvalue weighted by Gasteiger charge is -2.09. The fraction of sp³-hybridized carbons (Fsp3) is 0.462. The highest BCUT2D eigenvalue weighted by molar-refractivity contribution is 5.76. The summed E-state index contributed by atoms with van der Waals surface area (Å²) in [5, 5.41) is 2.75. The molecule has 0 saturated heterocycles. The van der Waals surface area contributed by atoms with Crippen molar-refractivity contribution in [3.8, 4) is 5.75 Å². The number of hydrogen-bond donors (Lipinski definition) is 2. The maximum Gasteiger partial charge on any atom is 0.221 e. The SMILES string of the molecule is Cc1cccc(OCCNC(=O)CC(C)N)c1. The van der Waals surface area contributed by atoms with E-state index in [1.54, 1.807) is 0 Å². The van der Waals surface area contributed by atoms with Gasteiger partial charge in [0.15, 0.2) is 0 Å². The van der Waals surface area contributed by atoms with Crippen molar-refractivity contribution in [2.24, 2.45) is 5.73 Å². The molecule has 94 valence electrons. The number of amides is 1. The van der Waals surface area contributed by atoms with Gasteiger partial charge in [0.05, 0.1) is 6.54 Å². The van der Waals surface area contributed by atoms with Gasteiger partial charge in [-0.1, -0.05) is 12.1 Å². The quantitative estimate of drug-likeness (QED) is 0.730. The average molecular weight is 236 g/mol. The largest absolute Gasteiger partial charge is 0.492 e. The molecule has 0 aromatic heterocycles. The molecule has 0 fully saturated rings. The second kappa shape index (κ2) is 6.91. The van der Waals surface area contributed by atoms with Crippen LogP contribution in [0.15, 0.2) is 24.3 Å². The maximum absolute atomic E-state index is 11.3. The Hall–Kier alpha value is -1.55. The van der Waals surface area contributed by atoms with Gasteiger partial charge in [-0.3, -0.25) is 4.79 Å². The fourth-order valence-electron chi connectivity index (χ4n) is 1.43. The molecule has 1 aromatic rings. The molecule has 0 bridgehead atoms. The van der Waals surface area contributed by atoms with Crippen molar-refractivity contribution < 1.29 is 9.53 Å². The van der Waals surface area contributed by atoms with Crippen LogP contribution >= 0.6 is 0 Å². The van der Waals surface area contributed by atoms with E-state index in [4.69, 9.17) is 10.5 Å². The van der Waals surface area contributed by atoms with E-state index in [0.717, 1.165) is 11.3 Å². The lowest BCUT2D eigenvalue weighted by Crippen LogP contribution is -2.32. The first-order chi connectivity index (χ1) is 8.08. The van der Waals surface area contributed by atoms with E-state index in [9.17, 15) is 4.79 Å². The molecule has 4 nitrogen and oxygen atoms in total. The Kier molecular flexibility index (Phi) is 5.49. The zero-order chi connectivity index (χ0) is 12.7. The molecule has 1 atom stereocenters. The van der Waals surface area contributed by atoms with E-state index in [1.165, 1.54) is 0 Å². The lowest BCUT2D eigenvalue weighted by molar-refractivity contribution is -0.121. The van der Waals surface area contributed by atoms with Gasteiger partial charge < -0.3 is 15.8 Å². The Morgan fingerprint density at radius 3 is 2.94 bits per heavy atom. The molecule has 0 saturated carbocycles. The fourth-order valence-corrected chi connectivity index (χ4v) is 1.43. The van der Waals surface area contributed by atoms with Crippen molar-refractivity contribution >= 4 is 5.91 Å². The smallest absolute Gasteiger partial charge is 0.221 e. The summed E-state index contributed by atoms with van der Waals surface area (Å²) in [5.41, 5.74) is 6.67. The van der Waals surface area contributed by atoms with Crippen LogP contribution in [-0.2, 0) is 4.79 Å². The van der Waals surface area contributed by atoms with Crippen LogP contribution in [0.5, 0.6) is 5.75 Å². The third-order valence-corrected chi connectivity index (χ3v) is 2.19. The van der Waals surface area contributed by atoms with E-state index in [-0.39, 0.29) is 11.9 Å². The minimum atomic E-state index is -0.104. The zero-order valence-electron chi connectivity index (χ0n) is 10.4. The molecule has 17 heavy (non-hydrogen) atoms. The number of rotatable bonds is 6. The minimum Gasteiger partial charge on any atom is -0.492 e. The molecular formula is C13H20N2O2. The number of carbonyl (C=O) groups is 1. The summed E-state index contributed by atoms with van der Waals surface area (Å²) in [5.74, 6) is 0.791. The summed E-state index contributed by atoms with van der Waals surface area (Å²) in [6.45, 7) is 4.79. The molecule has 1 amide bonds. The average Bonchev–Trinajstić information content (AvgIpc) is 2.23. The van der Waals surface area contributed by atoms with Gasteiger partial charge in [-0.15, -0.1) is 0 Å². The highest BCUT2D eigenvalue weighted by atomic mass is 16.5. The van der Waals surface area contributed by atoms with Crippen LogP contribution < -0.4 is 15.8 Å². The highest BCUT2D eigenvalue weighted by Gasteiger charge is 2.03. The molecule has 1 unspecified atom stereocenters. The molecule has 4 heteroatoms. The number of benzene rings is 1. The van der Waals surface area contributed by atoms with E-state index < -0.39 is 0 Å². The predicted octanol–water partition coefficient (Wildman–Crippen LogP) is 1.23. The molecular weight excluding hydrogens is 216 g/mol. The van der Waals surface area contributed by atoms with Crippen LogP contribution in [0.2, 0.25) is 0 Å². The van der Waals surface area contributed by atoms with Crippen LogP contribution in [-0.4, -0.2) is 25.1 Å². The Bertz CT molecular complexity index is 364. The van der Waals surface area contributed by atoms with Gasteiger partial charge in [-0.25, -0.2) is 0 Å². The van der Waals surface area contributed by atoms with Gasteiger partial charge >= 0.3 is 0 Å². The number of carbonyl (C=O) groups excluding carboxylic acids is 1. The van der Waals surface area contributed by atoms with Crippen molar-refractivity contribution in [1.29, 1.82) is 0 Å². The Labute approximate surface area is 102 Å². The Morgan fingerprint density at radius 1 is 1.53 bits per heavy atom. The van der Waals surface area contributed by atoms with Crippen LogP contribution in [0.25, 0.3) is 0 Å². The second-order valence-corrected chi connectivity index (χ2v) is 4.20. The Morgan fingerprint density at radius 2 is 2.29 bits per heavy atom. The summed E-state index contributed by atoms with van der Waals surface area (Å²) in [6.07, 6.45) is 0.352. The summed E-state index contributed by atoms with van der Waals surface area (Å²) in [4.78, 5) is 11.3. The summed E-state index contributed by atoms with van der Waals surface area (Å²) < 4.78 is 5.50. The van der Waals surface area contributed by atoms with Gasteiger partial charge in [0.2, 0.25) is 5.91 Å². The molecule has 0 aliphatic rings. The highest BCUT2D eigenvalue weighted by Crippen LogP contribution is 2.11. The summed E-state index contributed by atoms with van der Waals surface area (Å²) in [7, 11) is 0. The topological polar surface area (TPSA) is 64.3 Å². The number of nitrogens with one attached hydrogen (secondary N) is 1. The molecule has 0 heterocycles. The molecule has 0 aliphatic heterocycles. The molecule has 0 spiro atoms. The van der Waals surface area contributed by atoms with Crippen LogP contribution in [0, 0.1) is 6.92 Å². The van der Waals surface area contributed by atoms with Crippen molar-refractivity contribution in [2.75, 3.05) is 13.2 Å². The van der Waals surface area contributed by atoms with E-state index >= 15 is 0 Å². The van der Waals surface area contributed by atoms with Gasteiger partial charge in [0, 0.05) is 12.5 Å². The molecule has 0 aliphatic carbocycles. The van der Waals surface area contributed by atoms with Crippen molar-refractivity contribution in [2.45, 2.75) is 26.3 Å². The van der Waals surface area contributed by atoms with Gasteiger partial charge in [0.25, 0.3) is 0 Å². The van der Waals surface area contributed by atoms with Gasteiger partial charge in [-0.05, 0) is 31.5 Å². The monoisotopic (exact) mass is 236 g/mol. The van der Waals surface area contributed by atoms with Gasteiger partial charge in [-0.2, -0.15) is 0 Å². The first-order valence-electron chi connectivity index (χ1n) is 5.79. The predicted molar refractivity (Wildman–Crippen MR) is 68.0 cm³/mol. The molecule has 1 rings (SSSR count). The molecule has 0 radical (unpaired) electrons. The third kappa shape index (κ3) is 5.92. The number of aryl methyl sites for hydroxylation is 1. The lowest BCUT2D eigenvalue weighted by atomic mass is 10.2. The van der Waals surface area contributed by atoms with Crippen LogP contribution in [0.3, 0.4) is 0 Å². The third-order valence-electron chi connectivity index (χ3n) is 2.19. The van der Waals surface area contributed by atoms with Crippen molar-refractivity contribution in [1.82, 2.24) is 5.32 Å².